The first-order valence-corrected chi connectivity index (χ1v) is 15.4. The van der Waals surface area contributed by atoms with Crippen molar-refractivity contribution in [3.63, 3.8) is 0 Å². The molecule has 0 spiro atoms. The molecule has 2 aliphatic carbocycles. The van der Waals surface area contributed by atoms with Crippen LogP contribution >= 0.6 is 11.3 Å². The number of anilines is 1. The van der Waals surface area contributed by atoms with E-state index >= 15 is 0 Å². The van der Waals surface area contributed by atoms with Gasteiger partial charge < -0.3 is 14.2 Å². The van der Waals surface area contributed by atoms with Gasteiger partial charge >= 0.3 is 10.3 Å². The molecule has 1 aromatic carbocycles. The first-order valence-electron chi connectivity index (χ1n) is 13.1. The molecule has 204 valence electrons. The highest BCUT2D eigenvalue weighted by molar-refractivity contribution is 7.84. The number of aryl methyl sites for hydroxylation is 1. The van der Waals surface area contributed by atoms with Crippen LogP contribution in [0.5, 0.6) is 0 Å². The van der Waals surface area contributed by atoms with Crippen LogP contribution in [0.1, 0.15) is 86.5 Å². The molecule has 2 aromatic heterocycles. The van der Waals surface area contributed by atoms with E-state index < -0.39 is 10.3 Å². The van der Waals surface area contributed by atoms with E-state index in [4.69, 9.17) is 9.88 Å². The van der Waals surface area contributed by atoms with Gasteiger partial charge in [0.1, 0.15) is 24.5 Å². The van der Waals surface area contributed by atoms with Crippen molar-refractivity contribution in [1.29, 1.82) is 0 Å². The summed E-state index contributed by atoms with van der Waals surface area (Å²) in [6.45, 7) is 2.69. The zero-order valence-electron chi connectivity index (χ0n) is 21.6. The molecule has 0 saturated heterocycles. The maximum absolute atomic E-state index is 13.7. The third-order valence-corrected chi connectivity index (χ3v) is 9.02. The largest absolute Gasteiger partial charge is 0.379 e. The summed E-state index contributed by atoms with van der Waals surface area (Å²) in [5.74, 6) is 0.969. The molecule has 3 N–H and O–H groups in total. The number of nitrogens with two attached hydrogens (primary N) is 1. The number of hydrogen-bond acceptors (Lipinski definition) is 9. The Hall–Kier alpha value is -3.12. The SMILES string of the molecule is Cc1sc(C(=O)c2cncnc2NC2CC/C(=C\OS(N)(=O)=O)C2)cc1C1OCCc2ccc(C3CC3)cc21. The number of rotatable bonds is 8. The third-order valence-electron chi connectivity index (χ3n) is 7.59. The maximum atomic E-state index is 13.7. The number of fused-ring (bicyclic) bond motifs is 1. The molecule has 3 aromatic rings. The van der Waals surface area contributed by atoms with Gasteiger partial charge in [0.25, 0.3) is 0 Å². The Balaban J connectivity index is 1.22. The van der Waals surface area contributed by atoms with Crippen LogP contribution in [0, 0.1) is 6.92 Å². The fourth-order valence-corrected chi connectivity index (χ4v) is 6.71. The molecule has 2 saturated carbocycles. The number of nitrogens with one attached hydrogen (secondary N) is 1. The Morgan fingerprint density at radius 1 is 1.21 bits per heavy atom. The van der Waals surface area contributed by atoms with Crippen molar-refractivity contribution in [2.24, 2.45) is 5.14 Å². The Bertz CT molecular complexity index is 1560. The van der Waals surface area contributed by atoms with E-state index in [0.717, 1.165) is 28.9 Å². The molecule has 6 rings (SSSR count). The highest BCUT2D eigenvalue weighted by Gasteiger charge is 2.31. The van der Waals surface area contributed by atoms with Crippen LogP contribution in [0.15, 0.2) is 48.6 Å². The van der Waals surface area contributed by atoms with Gasteiger partial charge in [-0.3, -0.25) is 4.79 Å². The summed E-state index contributed by atoms with van der Waals surface area (Å²) in [6, 6.07) is 8.74. The lowest BCUT2D eigenvalue weighted by Crippen LogP contribution is -2.19. The van der Waals surface area contributed by atoms with Crippen LogP contribution in [-0.4, -0.2) is 36.8 Å². The van der Waals surface area contributed by atoms with Crippen molar-refractivity contribution in [3.05, 3.63) is 86.2 Å². The van der Waals surface area contributed by atoms with Gasteiger partial charge in [0.05, 0.1) is 17.0 Å². The summed E-state index contributed by atoms with van der Waals surface area (Å²) < 4.78 is 33.1. The minimum Gasteiger partial charge on any atom is -0.379 e. The molecular formula is C28H30N4O5S2. The standard InChI is InChI=1S/C28H30N4O5S2/c1-16-22(27-23-11-20(18-3-4-18)6-5-19(23)8-9-36-27)12-25(38-16)26(33)24-13-30-15-31-28(24)32-21-7-2-17(10-21)14-37-39(29,34)35/h5-6,11-15,18,21,27H,2-4,7-10H2,1H3,(H2,29,34,35)(H,30,31,32)/b17-14+. The maximum Gasteiger partial charge on any atom is 0.379 e. The molecular weight excluding hydrogens is 536 g/mol. The van der Waals surface area contributed by atoms with E-state index in [2.05, 4.69) is 37.7 Å². The van der Waals surface area contributed by atoms with Crippen LogP contribution < -0.4 is 10.5 Å². The molecule has 3 aliphatic rings. The van der Waals surface area contributed by atoms with Gasteiger partial charge in [0, 0.05) is 17.1 Å². The predicted molar refractivity (Wildman–Crippen MR) is 148 cm³/mol. The highest BCUT2D eigenvalue weighted by Crippen LogP contribution is 2.44. The fourth-order valence-electron chi connectivity index (χ4n) is 5.44. The quantitative estimate of drug-likeness (QED) is 0.296. The smallest absolute Gasteiger partial charge is 0.379 e. The Morgan fingerprint density at radius 3 is 2.85 bits per heavy atom. The van der Waals surface area contributed by atoms with E-state index in [-0.39, 0.29) is 17.9 Å². The van der Waals surface area contributed by atoms with Gasteiger partial charge in [-0.25, -0.2) is 9.97 Å². The summed E-state index contributed by atoms with van der Waals surface area (Å²) in [5.41, 5.74) is 6.16. The predicted octanol–water partition coefficient (Wildman–Crippen LogP) is 4.69. The number of thiophene rings is 1. The summed E-state index contributed by atoms with van der Waals surface area (Å²) in [5, 5.41) is 8.25. The fraction of sp³-hybridized carbons (Fsp3) is 0.393. The van der Waals surface area contributed by atoms with Crippen LogP contribution in [0.3, 0.4) is 0 Å². The van der Waals surface area contributed by atoms with Crippen molar-refractivity contribution < 1.29 is 22.1 Å². The number of carbonyl (C=O) groups excluding carboxylic acids is 1. The average Bonchev–Trinajstić information content (AvgIpc) is 3.56. The van der Waals surface area contributed by atoms with E-state index in [9.17, 15) is 13.2 Å². The first-order chi connectivity index (χ1) is 18.7. The number of ketones is 1. The normalized spacial score (nSPS) is 22.1. The molecule has 0 radical (unpaired) electrons. The minimum atomic E-state index is -4.04. The van der Waals surface area contributed by atoms with Crippen molar-refractivity contribution >= 4 is 33.2 Å². The molecule has 11 heteroatoms. The van der Waals surface area contributed by atoms with E-state index in [1.807, 2.05) is 13.0 Å². The lowest BCUT2D eigenvalue weighted by atomic mass is 9.90. The van der Waals surface area contributed by atoms with Gasteiger partial charge in [-0.05, 0) is 85.3 Å². The van der Waals surface area contributed by atoms with Gasteiger partial charge in [-0.1, -0.05) is 18.2 Å². The van der Waals surface area contributed by atoms with Crippen LogP contribution in [0.25, 0.3) is 0 Å². The Labute approximate surface area is 231 Å². The van der Waals surface area contributed by atoms with Crippen molar-refractivity contribution in [2.45, 2.75) is 63.5 Å². The molecule has 3 heterocycles. The number of hydrogen-bond donors (Lipinski definition) is 2. The summed E-state index contributed by atoms with van der Waals surface area (Å²) in [6.07, 6.45) is 9.29. The summed E-state index contributed by atoms with van der Waals surface area (Å²) in [7, 11) is -4.04. The van der Waals surface area contributed by atoms with Crippen molar-refractivity contribution in [2.75, 3.05) is 11.9 Å². The Kier molecular flexibility index (Phi) is 7.00. The number of carbonyl (C=O) groups is 1. The van der Waals surface area contributed by atoms with E-state index in [0.29, 0.717) is 41.6 Å². The zero-order chi connectivity index (χ0) is 27.1. The van der Waals surface area contributed by atoms with Crippen LogP contribution in [0.2, 0.25) is 0 Å². The second-order valence-corrected chi connectivity index (χ2v) is 12.9. The van der Waals surface area contributed by atoms with Crippen LogP contribution in [0.4, 0.5) is 5.82 Å². The molecule has 0 bridgehead atoms. The van der Waals surface area contributed by atoms with Crippen molar-refractivity contribution in [1.82, 2.24) is 9.97 Å². The Morgan fingerprint density at radius 2 is 2.05 bits per heavy atom. The van der Waals surface area contributed by atoms with Gasteiger partial charge in [-0.15, -0.1) is 11.3 Å². The molecule has 2 atom stereocenters. The molecule has 0 amide bonds. The second-order valence-electron chi connectivity index (χ2n) is 10.4. The lowest BCUT2D eigenvalue weighted by Gasteiger charge is -2.27. The molecule has 2 fully saturated rings. The topological polar surface area (TPSA) is 133 Å². The van der Waals surface area contributed by atoms with E-state index in [1.54, 1.807) is 0 Å². The first kappa shape index (κ1) is 26.1. The van der Waals surface area contributed by atoms with Crippen molar-refractivity contribution in [3.8, 4) is 0 Å². The molecule has 9 nitrogen and oxygen atoms in total. The lowest BCUT2D eigenvalue weighted by molar-refractivity contribution is 0.0697. The van der Waals surface area contributed by atoms with Gasteiger partial charge in [0.2, 0.25) is 5.78 Å². The van der Waals surface area contributed by atoms with Gasteiger partial charge in [0.15, 0.2) is 0 Å². The number of aromatic nitrogens is 2. The monoisotopic (exact) mass is 566 g/mol. The molecule has 2 unspecified atom stereocenters. The van der Waals surface area contributed by atoms with Gasteiger partial charge in [-0.2, -0.15) is 13.6 Å². The molecule has 1 aliphatic heterocycles. The third kappa shape index (κ3) is 5.76. The number of ether oxygens (including phenoxy) is 1. The highest BCUT2D eigenvalue weighted by atomic mass is 32.2. The van der Waals surface area contributed by atoms with E-state index in [1.165, 1.54) is 59.7 Å². The molecule has 39 heavy (non-hydrogen) atoms. The number of benzene rings is 1. The minimum absolute atomic E-state index is 0.0322. The number of nitrogens with zero attached hydrogens (tertiary/aromatic N) is 2. The second kappa shape index (κ2) is 10.5. The average molecular weight is 567 g/mol. The zero-order valence-corrected chi connectivity index (χ0v) is 23.2. The summed E-state index contributed by atoms with van der Waals surface area (Å²) >= 11 is 1.46. The summed E-state index contributed by atoms with van der Waals surface area (Å²) in [4.78, 5) is 23.8. The van der Waals surface area contributed by atoms with Crippen LogP contribution in [-0.2, 0) is 25.6 Å².